The number of carbonyl (C=O) groups is 2. The molecule has 7 heteroatoms. The van der Waals surface area contributed by atoms with Crippen molar-refractivity contribution in [3.8, 4) is 5.75 Å². The number of aliphatic carboxylic acids is 1. The normalized spacial score (nSPS) is 12.1. The highest BCUT2D eigenvalue weighted by atomic mass is 79.9. The van der Waals surface area contributed by atoms with E-state index in [4.69, 9.17) is 21.4 Å². The number of nitrogens with one attached hydrogen (secondary N) is 1. The van der Waals surface area contributed by atoms with Gasteiger partial charge in [-0.05, 0) is 40.0 Å². The lowest BCUT2D eigenvalue weighted by atomic mass is 10.1. The van der Waals surface area contributed by atoms with Crippen LogP contribution in [0, 0.1) is 5.92 Å². The van der Waals surface area contributed by atoms with Gasteiger partial charge in [-0.25, -0.2) is 4.79 Å². The summed E-state index contributed by atoms with van der Waals surface area (Å²) in [7, 11) is 0. The highest BCUT2D eigenvalue weighted by molar-refractivity contribution is 9.10. The van der Waals surface area contributed by atoms with Crippen LogP contribution >= 0.6 is 27.5 Å². The summed E-state index contributed by atoms with van der Waals surface area (Å²) in [5.41, 5.74) is 0. The Hall–Kier alpha value is -1.27. The number of rotatable bonds is 6. The van der Waals surface area contributed by atoms with Crippen molar-refractivity contribution in [1.29, 1.82) is 0 Å². The Labute approximate surface area is 130 Å². The Morgan fingerprint density at radius 3 is 2.60 bits per heavy atom. The molecule has 0 bridgehead atoms. The SMILES string of the molecule is CC(C)[C@@H](NC(=O)COc1ccc(Cl)cc1Br)C(=O)O. The lowest BCUT2D eigenvalue weighted by Gasteiger charge is -2.18. The summed E-state index contributed by atoms with van der Waals surface area (Å²) < 4.78 is 5.93. The number of carboxylic acids is 1. The number of carbonyl (C=O) groups excluding carboxylic acids is 1. The number of hydrogen-bond donors (Lipinski definition) is 2. The molecule has 1 rings (SSSR count). The Kier molecular flexibility index (Phi) is 6.29. The molecule has 1 amide bonds. The van der Waals surface area contributed by atoms with Gasteiger partial charge in [-0.15, -0.1) is 0 Å². The zero-order valence-electron chi connectivity index (χ0n) is 11.0. The topological polar surface area (TPSA) is 75.6 Å². The molecule has 1 aromatic rings. The van der Waals surface area contributed by atoms with Gasteiger partial charge in [0.25, 0.3) is 5.91 Å². The van der Waals surface area contributed by atoms with Crippen LogP contribution in [0.5, 0.6) is 5.75 Å². The zero-order valence-corrected chi connectivity index (χ0v) is 13.4. The number of halogens is 2. The molecule has 0 aliphatic carbocycles. The van der Waals surface area contributed by atoms with Crippen molar-refractivity contribution in [1.82, 2.24) is 5.32 Å². The molecule has 0 fully saturated rings. The lowest BCUT2D eigenvalue weighted by Crippen LogP contribution is -2.46. The first-order valence-electron chi connectivity index (χ1n) is 5.91. The molecule has 0 heterocycles. The van der Waals surface area contributed by atoms with Crippen molar-refractivity contribution < 1.29 is 19.4 Å². The van der Waals surface area contributed by atoms with Crippen LogP contribution in [0.4, 0.5) is 0 Å². The third kappa shape index (κ3) is 5.02. The Morgan fingerprint density at radius 1 is 1.45 bits per heavy atom. The Bertz CT molecular complexity index is 507. The second-order valence-corrected chi connectivity index (χ2v) is 5.78. The molecule has 0 spiro atoms. The van der Waals surface area contributed by atoms with Crippen molar-refractivity contribution >= 4 is 39.4 Å². The third-order valence-electron chi connectivity index (χ3n) is 2.50. The molecular weight excluding hydrogens is 350 g/mol. The second-order valence-electron chi connectivity index (χ2n) is 4.49. The summed E-state index contributed by atoms with van der Waals surface area (Å²) in [4.78, 5) is 22.6. The molecule has 0 aliphatic heterocycles. The van der Waals surface area contributed by atoms with E-state index in [1.807, 2.05) is 0 Å². The maximum Gasteiger partial charge on any atom is 0.326 e. The monoisotopic (exact) mass is 363 g/mol. The summed E-state index contributed by atoms with van der Waals surface area (Å²) in [6, 6.07) is 3.97. The molecule has 0 aliphatic rings. The van der Waals surface area contributed by atoms with Gasteiger partial charge in [0.15, 0.2) is 6.61 Å². The molecule has 0 radical (unpaired) electrons. The van der Waals surface area contributed by atoms with Crippen LogP contribution in [0.3, 0.4) is 0 Å². The van der Waals surface area contributed by atoms with Crippen LogP contribution < -0.4 is 10.1 Å². The number of benzene rings is 1. The van der Waals surface area contributed by atoms with Crippen molar-refractivity contribution in [2.24, 2.45) is 5.92 Å². The summed E-state index contributed by atoms with van der Waals surface area (Å²) in [5.74, 6) is -1.31. The van der Waals surface area contributed by atoms with Crippen molar-refractivity contribution in [3.05, 3.63) is 27.7 Å². The third-order valence-corrected chi connectivity index (χ3v) is 3.36. The standard InChI is InChI=1S/C13H15BrClNO4/c1-7(2)12(13(18)19)16-11(17)6-20-10-4-3-8(15)5-9(10)14/h3-5,7,12H,6H2,1-2H3,(H,16,17)(H,18,19)/t12-/m1/s1. The molecule has 1 aromatic carbocycles. The van der Waals surface area contributed by atoms with Crippen molar-refractivity contribution in [2.75, 3.05) is 6.61 Å². The van der Waals surface area contributed by atoms with Gasteiger partial charge in [-0.2, -0.15) is 0 Å². The Balaban J connectivity index is 2.57. The van der Waals surface area contributed by atoms with E-state index in [0.29, 0.717) is 15.2 Å². The first kappa shape index (κ1) is 16.8. The number of amides is 1. The summed E-state index contributed by atoms with van der Waals surface area (Å²) >= 11 is 9.05. The van der Waals surface area contributed by atoms with Gasteiger partial charge in [0.2, 0.25) is 0 Å². The Morgan fingerprint density at radius 2 is 2.10 bits per heavy atom. The lowest BCUT2D eigenvalue weighted by molar-refractivity contribution is -0.143. The fourth-order valence-electron chi connectivity index (χ4n) is 1.46. The molecule has 1 atom stereocenters. The van der Waals surface area contributed by atoms with Crippen LogP contribution in [0.2, 0.25) is 5.02 Å². The molecule has 0 saturated heterocycles. The molecular formula is C13H15BrClNO4. The maximum atomic E-state index is 11.7. The smallest absolute Gasteiger partial charge is 0.326 e. The molecule has 110 valence electrons. The average Bonchev–Trinajstić information content (AvgIpc) is 2.34. The van der Waals surface area contributed by atoms with Gasteiger partial charge < -0.3 is 15.2 Å². The van der Waals surface area contributed by atoms with E-state index in [9.17, 15) is 9.59 Å². The molecule has 0 saturated carbocycles. The van der Waals surface area contributed by atoms with Gasteiger partial charge in [0, 0.05) is 5.02 Å². The van der Waals surface area contributed by atoms with Crippen LogP contribution in [-0.4, -0.2) is 29.6 Å². The summed E-state index contributed by atoms with van der Waals surface area (Å²) in [5, 5.41) is 11.9. The minimum absolute atomic E-state index is 0.210. The number of hydrogen-bond acceptors (Lipinski definition) is 3. The van der Waals surface area contributed by atoms with Gasteiger partial charge in [-0.3, -0.25) is 4.79 Å². The van der Waals surface area contributed by atoms with E-state index in [1.54, 1.807) is 32.0 Å². The van der Waals surface area contributed by atoms with E-state index in [1.165, 1.54) is 0 Å². The summed E-state index contributed by atoms with van der Waals surface area (Å²) in [6.45, 7) is 3.17. The highest BCUT2D eigenvalue weighted by Crippen LogP contribution is 2.27. The fourth-order valence-corrected chi connectivity index (χ4v) is 2.26. The van der Waals surface area contributed by atoms with Crippen molar-refractivity contribution in [3.63, 3.8) is 0 Å². The van der Waals surface area contributed by atoms with E-state index in [0.717, 1.165) is 0 Å². The van der Waals surface area contributed by atoms with Gasteiger partial charge in [-0.1, -0.05) is 25.4 Å². The molecule has 20 heavy (non-hydrogen) atoms. The largest absolute Gasteiger partial charge is 0.483 e. The first-order chi connectivity index (χ1) is 9.31. The minimum atomic E-state index is -1.07. The quantitative estimate of drug-likeness (QED) is 0.814. The van der Waals surface area contributed by atoms with E-state index in [2.05, 4.69) is 21.2 Å². The second kappa shape index (κ2) is 7.50. The van der Waals surface area contributed by atoms with Crippen LogP contribution in [-0.2, 0) is 9.59 Å². The van der Waals surface area contributed by atoms with E-state index in [-0.39, 0.29) is 12.5 Å². The predicted octanol–water partition coefficient (Wildman–Crippen LogP) is 2.71. The van der Waals surface area contributed by atoms with Crippen LogP contribution in [0.1, 0.15) is 13.8 Å². The molecule has 2 N–H and O–H groups in total. The molecule has 0 unspecified atom stereocenters. The highest BCUT2D eigenvalue weighted by Gasteiger charge is 2.23. The van der Waals surface area contributed by atoms with Gasteiger partial charge in [0.1, 0.15) is 11.8 Å². The van der Waals surface area contributed by atoms with Crippen LogP contribution in [0.15, 0.2) is 22.7 Å². The van der Waals surface area contributed by atoms with E-state index >= 15 is 0 Å². The van der Waals surface area contributed by atoms with E-state index < -0.39 is 17.9 Å². The predicted molar refractivity (Wildman–Crippen MR) is 79.1 cm³/mol. The minimum Gasteiger partial charge on any atom is -0.483 e. The van der Waals surface area contributed by atoms with Gasteiger partial charge in [0.05, 0.1) is 4.47 Å². The summed E-state index contributed by atoms with van der Waals surface area (Å²) in [6.07, 6.45) is 0. The maximum absolute atomic E-state index is 11.7. The number of carboxylic acid groups (broad SMARTS) is 1. The first-order valence-corrected chi connectivity index (χ1v) is 7.08. The molecule has 5 nitrogen and oxygen atoms in total. The van der Waals surface area contributed by atoms with Crippen molar-refractivity contribution in [2.45, 2.75) is 19.9 Å². The number of ether oxygens (including phenoxy) is 1. The fraction of sp³-hybridized carbons (Fsp3) is 0.385. The van der Waals surface area contributed by atoms with Crippen LogP contribution in [0.25, 0.3) is 0 Å². The zero-order chi connectivity index (χ0) is 15.3. The molecule has 0 aromatic heterocycles. The average molecular weight is 365 g/mol. The van der Waals surface area contributed by atoms with Gasteiger partial charge >= 0.3 is 5.97 Å².